The van der Waals surface area contributed by atoms with Crippen molar-refractivity contribution < 1.29 is 27.8 Å². The second-order valence-corrected chi connectivity index (χ2v) is 8.29. The van der Waals surface area contributed by atoms with Crippen LogP contribution in [0.5, 0.6) is 0 Å². The van der Waals surface area contributed by atoms with Crippen molar-refractivity contribution >= 4 is 23.3 Å². The molecule has 10 heteroatoms. The van der Waals surface area contributed by atoms with Crippen molar-refractivity contribution in [3.05, 3.63) is 64.2 Å². The Bertz CT molecular complexity index is 944. The van der Waals surface area contributed by atoms with Gasteiger partial charge >= 0.3 is 12.2 Å². The largest absolute Gasteiger partial charge is 0.417 e. The van der Waals surface area contributed by atoms with E-state index < -0.39 is 29.0 Å². The molecule has 2 aromatic rings. The molecule has 0 aliphatic carbocycles. The predicted molar refractivity (Wildman–Crippen MR) is 115 cm³/mol. The Morgan fingerprint density at radius 3 is 2.34 bits per heavy atom. The predicted octanol–water partition coefficient (Wildman–Crippen LogP) is 4.54. The summed E-state index contributed by atoms with van der Waals surface area (Å²) in [6.45, 7) is 4.32. The summed E-state index contributed by atoms with van der Waals surface area (Å²) in [7, 11) is 0. The minimum Gasteiger partial charge on any atom is -0.375 e. The van der Waals surface area contributed by atoms with Gasteiger partial charge in [0.05, 0.1) is 29.3 Å². The number of hydrogen-bond donors (Lipinski definition) is 2. The average molecular weight is 472 g/mol. The molecule has 1 aliphatic heterocycles. The number of carbonyl (C=O) groups is 1. The first kappa shape index (κ1) is 24.3. The Kier molecular flexibility index (Phi) is 7.34. The van der Waals surface area contributed by atoms with Gasteiger partial charge in [-0.1, -0.05) is 35.9 Å². The van der Waals surface area contributed by atoms with Crippen LogP contribution >= 0.6 is 11.6 Å². The Balaban J connectivity index is 1.98. The Labute approximate surface area is 189 Å². The Morgan fingerprint density at radius 2 is 1.81 bits per heavy atom. The molecule has 2 aromatic carbocycles. The number of aliphatic hydroxyl groups is 1. The van der Waals surface area contributed by atoms with Crippen molar-refractivity contribution in [1.82, 2.24) is 4.90 Å². The number of ether oxygens (including phenoxy) is 1. The normalized spacial score (nSPS) is 20.2. The van der Waals surface area contributed by atoms with E-state index in [0.29, 0.717) is 24.2 Å². The number of aliphatic hydroxyl groups excluding tert-OH is 1. The molecule has 32 heavy (non-hydrogen) atoms. The van der Waals surface area contributed by atoms with Crippen molar-refractivity contribution in [2.45, 2.75) is 45.0 Å². The van der Waals surface area contributed by atoms with Gasteiger partial charge in [0.25, 0.3) is 0 Å². The maximum absolute atomic E-state index is 13.4. The van der Waals surface area contributed by atoms with Crippen LogP contribution in [0, 0.1) is 0 Å². The third kappa shape index (κ3) is 5.72. The number of halogens is 4. The highest BCUT2D eigenvalue weighted by Crippen LogP contribution is 2.37. The van der Waals surface area contributed by atoms with Crippen LogP contribution in [-0.2, 0) is 17.5 Å². The number of rotatable bonds is 4. The molecule has 1 aliphatic rings. The fourth-order valence-corrected chi connectivity index (χ4v) is 3.90. The maximum atomic E-state index is 13.4. The molecule has 6 nitrogen and oxygen atoms in total. The number of hydrogen-bond acceptors (Lipinski definition) is 4. The van der Waals surface area contributed by atoms with E-state index in [4.69, 9.17) is 22.1 Å². The third-order valence-electron chi connectivity index (χ3n) is 5.15. The monoisotopic (exact) mass is 471 g/mol. The van der Waals surface area contributed by atoms with Crippen LogP contribution in [0.2, 0.25) is 5.02 Å². The zero-order valence-electron chi connectivity index (χ0n) is 17.6. The maximum Gasteiger partial charge on any atom is 0.417 e. The lowest BCUT2D eigenvalue weighted by atomic mass is 10.1. The van der Waals surface area contributed by atoms with Crippen LogP contribution in [-0.4, -0.2) is 41.3 Å². The summed E-state index contributed by atoms with van der Waals surface area (Å²) in [5.41, 5.74) is 5.64. The molecule has 0 aromatic heterocycles. The third-order valence-corrected chi connectivity index (χ3v) is 5.48. The number of nitrogens with two attached hydrogens (primary N) is 1. The lowest BCUT2D eigenvalue weighted by molar-refractivity contribution is -0.137. The van der Waals surface area contributed by atoms with E-state index >= 15 is 0 Å². The van der Waals surface area contributed by atoms with Crippen molar-refractivity contribution in [1.29, 1.82) is 0 Å². The molecule has 3 N–H and O–H groups in total. The standard InChI is InChI=1S/C22H25ClF3N3O3/c1-13-10-28(11-14(2)32-13)21(31)29(12-15-3-5-16(6-4-15)20(27)30)17-7-8-19(23)18(9-17)22(24,25)26/h3-9,13-14,20,30H,10-12,27H2,1-2H3. The first-order valence-corrected chi connectivity index (χ1v) is 10.4. The van der Waals surface area contributed by atoms with Crippen LogP contribution < -0.4 is 10.6 Å². The molecule has 1 fully saturated rings. The van der Waals surface area contributed by atoms with Crippen LogP contribution in [0.4, 0.5) is 23.7 Å². The van der Waals surface area contributed by atoms with Crippen molar-refractivity contribution in [2.24, 2.45) is 5.73 Å². The van der Waals surface area contributed by atoms with Gasteiger partial charge in [-0.2, -0.15) is 13.2 Å². The number of urea groups is 1. The van der Waals surface area contributed by atoms with Gasteiger partial charge in [-0.3, -0.25) is 4.90 Å². The molecule has 0 saturated carbocycles. The summed E-state index contributed by atoms with van der Waals surface area (Å²) in [5, 5.41) is 9.05. The fraction of sp³-hybridized carbons (Fsp3) is 0.409. The number of morpholine rings is 1. The second-order valence-electron chi connectivity index (χ2n) is 7.88. The number of anilines is 1. The van der Waals surface area contributed by atoms with E-state index in [9.17, 15) is 23.1 Å². The molecule has 0 radical (unpaired) electrons. The molecule has 1 heterocycles. The van der Waals surface area contributed by atoms with E-state index in [-0.39, 0.29) is 24.4 Å². The molecule has 174 valence electrons. The fourth-order valence-electron chi connectivity index (χ4n) is 3.68. The van der Waals surface area contributed by atoms with Crippen LogP contribution in [0.1, 0.15) is 36.8 Å². The van der Waals surface area contributed by atoms with E-state index in [1.54, 1.807) is 29.2 Å². The molecular weight excluding hydrogens is 447 g/mol. The molecule has 0 spiro atoms. The number of alkyl halides is 3. The zero-order valence-corrected chi connectivity index (χ0v) is 18.4. The van der Waals surface area contributed by atoms with Gasteiger partial charge < -0.3 is 20.5 Å². The quantitative estimate of drug-likeness (QED) is 0.641. The zero-order chi connectivity index (χ0) is 23.6. The van der Waals surface area contributed by atoms with Crippen LogP contribution in [0.15, 0.2) is 42.5 Å². The van der Waals surface area contributed by atoms with Gasteiger partial charge in [0.1, 0.15) is 6.23 Å². The molecular formula is C22H25ClF3N3O3. The van der Waals surface area contributed by atoms with Gasteiger partial charge in [0.15, 0.2) is 0 Å². The van der Waals surface area contributed by atoms with Crippen molar-refractivity contribution in [3.8, 4) is 0 Å². The molecule has 3 unspecified atom stereocenters. The number of amides is 2. The highest BCUT2D eigenvalue weighted by molar-refractivity contribution is 6.31. The summed E-state index contributed by atoms with van der Waals surface area (Å²) < 4.78 is 46.0. The summed E-state index contributed by atoms with van der Waals surface area (Å²) in [6.07, 6.45) is -6.22. The van der Waals surface area contributed by atoms with E-state index in [0.717, 1.165) is 12.1 Å². The highest BCUT2D eigenvalue weighted by Gasteiger charge is 2.35. The first-order valence-electron chi connectivity index (χ1n) is 10.1. The summed E-state index contributed by atoms with van der Waals surface area (Å²) in [5.74, 6) is 0. The molecule has 1 saturated heterocycles. The van der Waals surface area contributed by atoms with Gasteiger partial charge in [0, 0.05) is 18.8 Å². The summed E-state index contributed by atoms with van der Waals surface area (Å²) in [4.78, 5) is 16.3. The molecule has 3 atom stereocenters. The molecule has 0 bridgehead atoms. The van der Waals surface area contributed by atoms with E-state index in [1.165, 1.54) is 11.0 Å². The summed E-state index contributed by atoms with van der Waals surface area (Å²) in [6, 6.07) is 9.50. The molecule has 3 rings (SSSR count). The number of nitrogens with zero attached hydrogens (tertiary/aromatic N) is 2. The van der Waals surface area contributed by atoms with Crippen molar-refractivity contribution in [3.63, 3.8) is 0 Å². The smallest absolute Gasteiger partial charge is 0.375 e. The Morgan fingerprint density at radius 1 is 1.22 bits per heavy atom. The summed E-state index contributed by atoms with van der Waals surface area (Å²) >= 11 is 5.77. The molecule has 2 amide bonds. The van der Waals surface area contributed by atoms with Gasteiger partial charge in [-0.05, 0) is 43.2 Å². The van der Waals surface area contributed by atoms with Crippen LogP contribution in [0.3, 0.4) is 0 Å². The van der Waals surface area contributed by atoms with E-state index in [1.807, 2.05) is 13.8 Å². The van der Waals surface area contributed by atoms with Crippen molar-refractivity contribution in [2.75, 3.05) is 18.0 Å². The first-order chi connectivity index (χ1) is 15.0. The minimum atomic E-state index is -4.66. The lowest BCUT2D eigenvalue weighted by Gasteiger charge is -2.38. The van der Waals surface area contributed by atoms with Gasteiger partial charge in [0.2, 0.25) is 0 Å². The topological polar surface area (TPSA) is 79.0 Å². The van der Waals surface area contributed by atoms with Gasteiger partial charge in [-0.25, -0.2) is 4.79 Å². The van der Waals surface area contributed by atoms with Gasteiger partial charge in [-0.15, -0.1) is 0 Å². The van der Waals surface area contributed by atoms with Crippen LogP contribution in [0.25, 0.3) is 0 Å². The highest BCUT2D eigenvalue weighted by atomic mass is 35.5. The SMILES string of the molecule is CC1CN(C(=O)N(Cc2ccc(C(N)O)cc2)c2ccc(Cl)c(C(F)(F)F)c2)CC(C)O1. The second kappa shape index (κ2) is 9.66. The minimum absolute atomic E-state index is 0.0127. The van der Waals surface area contributed by atoms with E-state index in [2.05, 4.69) is 0 Å². The number of benzene rings is 2. The Hall–Kier alpha value is -2.33. The lowest BCUT2D eigenvalue weighted by Crippen LogP contribution is -2.52. The average Bonchev–Trinajstić information content (AvgIpc) is 2.71. The number of carbonyl (C=O) groups excluding carboxylic acids is 1.